The maximum Gasteiger partial charge on any atom is 0.248 e. The molecule has 0 spiro atoms. The van der Waals surface area contributed by atoms with Gasteiger partial charge in [-0.25, -0.2) is 9.07 Å². The van der Waals surface area contributed by atoms with Gasteiger partial charge in [-0.05, 0) is 26.0 Å². The summed E-state index contributed by atoms with van der Waals surface area (Å²) in [6.07, 6.45) is 1.64. The fourth-order valence-corrected chi connectivity index (χ4v) is 2.34. The Morgan fingerprint density at radius 3 is 2.92 bits per heavy atom. The van der Waals surface area contributed by atoms with Gasteiger partial charge in [0.2, 0.25) is 5.89 Å². The number of hydrogen-bond acceptors (Lipinski definition) is 6. The summed E-state index contributed by atoms with van der Waals surface area (Å²) in [5, 5.41) is 11.3. The quantitative estimate of drug-likeness (QED) is 0.748. The summed E-state index contributed by atoms with van der Waals surface area (Å²) in [5.41, 5.74) is 1.94. The fourth-order valence-electron chi connectivity index (χ4n) is 2.34. The lowest BCUT2D eigenvalue weighted by atomic mass is 10.2. The minimum Gasteiger partial charge on any atom is -0.377 e. The van der Waals surface area contributed by atoms with Crippen LogP contribution in [0.5, 0.6) is 0 Å². The van der Waals surface area contributed by atoms with Crippen LogP contribution in [-0.4, -0.2) is 27.0 Å². The number of ether oxygens (including phenoxy) is 1. The van der Waals surface area contributed by atoms with E-state index in [1.54, 1.807) is 36.2 Å². The molecule has 7 nitrogen and oxygen atoms in total. The van der Waals surface area contributed by atoms with E-state index in [1.807, 2.05) is 13.8 Å². The van der Waals surface area contributed by atoms with Gasteiger partial charge < -0.3 is 14.6 Å². The summed E-state index contributed by atoms with van der Waals surface area (Å²) in [6, 6.07) is 6.27. The third-order valence-electron chi connectivity index (χ3n) is 3.59. The third-order valence-corrected chi connectivity index (χ3v) is 3.59. The molecule has 0 saturated heterocycles. The molecule has 0 amide bonds. The van der Waals surface area contributed by atoms with Crippen molar-refractivity contribution in [2.24, 2.45) is 0 Å². The summed E-state index contributed by atoms with van der Waals surface area (Å²) in [5.74, 6) is 0.601. The Bertz CT molecular complexity index is 829. The van der Waals surface area contributed by atoms with E-state index < -0.39 is 0 Å². The SMILES string of the molecule is COCc1noc(C(C)Nc2cnn(-c3ccccc3F)c2C)n1. The molecule has 3 rings (SSSR count). The maximum atomic E-state index is 13.9. The molecule has 0 aliphatic carbocycles. The predicted molar refractivity (Wildman–Crippen MR) is 85.3 cm³/mol. The number of rotatable bonds is 6. The minimum absolute atomic E-state index is 0.222. The molecule has 0 radical (unpaired) electrons. The number of methoxy groups -OCH3 is 1. The molecule has 0 saturated carbocycles. The van der Waals surface area contributed by atoms with Crippen LogP contribution in [0.15, 0.2) is 35.0 Å². The van der Waals surface area contributed by atoms with Gasteiger partial charge in [0.15, 0.2) is 5.82 Å². The molecular weight excluding hydrogens is 313 g/mol. The molecule has 0 aliphatic heterocycles. The second-order valence-corrected chi connectivity index (χ2v) is 5.35. The van der Waals surface area contributed by atoms with Crippen LogP contribution in [0.1, 0.15) is 30.4 Å². The van der Waals surface area contributed by atoms with Crippen molar-refractivity contribution in [2.45, 2.75) is 26.5 Å². The van der Waals surface area contributed by atoms with Gasteiger partial charge in [-0.2, -0.15) is 10.1 Å². The van der Waals surface area contributed by atoms with Crippen LogP contribution in [0.3, 0.4) is 0 Å². The molecule has 0 aliphatic rings. The van der Waals surface area contributed by atoms with Gasteiger partial charge in [0.25, 0.3) is 0 Å². The summed E-state index contributed by atoms with van der Waals surface area (Å²) in [6.45, 7) is 4.04. The van der Waals surface area contributed by atoms with Crippen molar-refractivity contribution in [3.05, 3.63) is 53.7 Å². The minimum atomic E-state index is -0.329. The topological polar surface area (TPSA) is 78.0 Å². The maximum absolute atomic E-state index is 13.9. The zero-order chi connectivity index (χ0) is 17.1. The zero-order valence-corrected chi connectivity index (χ0v) is 13.7. The van der Waals surface area contributed by atoms with E-state index in [9.17, 15) is 4.39 Å². The van der Waals surface area contributed by atoms with Crippen molar-refractivity contribution in [3.63, 3.8) is 0 Å². The van der Waals surface area contributed by atoms with Crippen molar-refractivity contribution in [3.8, 4) is 5.69 Å². The largest absolute Gasteiger partial charge is 0.377 e. The Balaban J connectivity index is 1.79. The van der Waals surface area contributed by atoms with Crippen molar-refractivity contribution in [1.82, 2.24) is 19.9 Å². The smallest absolute Gasteiger partial charge is 0.248 e. The first-order valence-corrected chi connectivity index (χ1v) is 7.47. The van der Waals surface area contributed by atoms with Crippen LogP contribution in [0.2, 0.25) is 0 Å². The first-order chi connectivity index (χ1) is 11.6. The standard InChI is InChI=1S/C16H18FN5O2/c1-10(16-20-15(9-23-3)21-24-16)19-13-8-18-22(11(13)2)14-7-5-4-6-12(14)17/h4-8,10,19H,9H2,1-3H3. The highest BCUT2D eigenvalue weighted by Gasteiger charge is 2.17. The van der Waals surface area contributed by atoms with Crippen molar-refractivity contribution >= 4 is 5.69 Å². The number of aromatic nitrogens is 4. The highest BCUT2D eigenvalue weighted by Crippen LogP contribution is 2.24. The van der Waals surface area contributed by atoms with Crippen LogP contribution < -0.4 is 5.32 Å². The number of halogens is 1. The second-order valence-electron chi connectivity index (χ2n) is 5.35. The van der Waals surface area contributed by atoms with Crippen LogP contribution in [-0.2, 0) is 11.3 Å². The summed E-state index contributed by atoms with van der Waals surface area (Å²) in [4.78, 5) is 4.25. The Morgan fingerprint density at radius 1 is 1.38 bits per heavy atom. The average Bonchev–Trinajstić information content (AvgIpc) is 3.17. The number of anilines is 1. The summed E-state index contributed by atoms with van der Waals surface area (Å²) in [7, 11) is 1.57. The first-order valence-electron chi connectivity index (χ1n) is 7.47. The monoisotopic (exact) mass is 331 g/mol. The number of nitrogens with one attached hydrogen (secondary N) is 1. The van der Waals surface area contributed by atoms with Crippen LogP contribution >= 0.6 is 0 Å². The normalized spacial score (nSPS) is 12.3. The van der Waals surface area contributed by atoms with Gasteiger partial charge in [0.1, 0.15) is 24.2 Å². The van der Waals surface area contributed by atoms with E-state index in [2.05, 4.69) is 20.6 Å². The predicted octanol–water partition coefficient (Wildman–Crippen LogP) is 3.02. The lowest BCUT2D eigenvalue weighted by molar-refractivity contribution is 0.174. The average molecular weight is 331 g/mol. The van der Waals surface area contributed by atoms with E-state index in [-0.39, 0.29) is 11.9 Å². The Hall–Kier alpha value is -2.74. The van der Waals surface area contributed by atoms with E-state index in [4.69, 9.17) is 9.26 Å². The molecule has 2 aromatic heterocycles. The molecule has 1 N–H and O–H groups in total. The molecule has 0 bridgehead atoms. The number of para-hydroxylation sites is 1. The zero-order valence-electron chi connectivity index (χ0n) is 13.7. The first kappa shape index (κ1) is 16.1. The molecule has 1 unspecified atom stereocenters. The van der Waals surface area contributed by atoms with Crippen LogP contribution in [0.4, 0.5) is 10.1 Å². The number of benzene rings is 1. The lowest BCUT2D eigenvalue weighted by Gasteiger charge is -2.11. The molecule has 2 heterocycles. The van der Waals surface area contributed by atoms with Gasteiger partial charge in [-0.3, -0.25) is 0 Å². The molecule has 24 heavy (non-hydrogen) atoms. The summed E-state index contributed by atoms with van der Waals surface area (Å²) < 4.78 is 25.7. The molecule has 1 aromatic carbocycles. The molecular formula is C16H18FN5O2. The van der Waals surface area contributed by atoms with E-state index in [0.29, 0.717) is 24.0 Å². The van der Waals surface area contributed by atoms with Gasteiger partial charge in [0, 0.05) is 7.11 Å². The Labute approximate surface area is 138 Å². The number of hydrogen-bond donors (Lipinski definition) is 1. The van der Waals surface area contributed by atoms with E-state index in [1.165, 1.54) is 6.07 Å². The highest BCUT2D eigenvalue weighted by atomic mass is 19.1. The Kier molecular flexibility index (Phi) is 4.57. The van der Waals surface area contributed by atoms with Gasteiger partial charge in [-0.1, -0.05) is 17.3 Å². The highest BCUT2D eigenvalue weighted by molar-refractivity contribution is 5.50. The molecule has 8 heteroatoms. The van der Waals surface area contributed by atoms with Crippen LogP contribution in [0, 0.1) is 12.7 Å². The van der Waals surface area contributed by atoms with E-state index in [0.717, 1.165) is 11.4 Å². The molecule has 0 fully saturated rings. The van der Waals surface area contributed by atoms with E-state index >= 15 is 0 Å². The van der Waals surface area contributed by atoms with Gasteiger partial charge in [0.05, 0.1) is 17.6 Å². The molecule has 126 valence electrons. The van der Waals surface area contributed by atoms with Crippen molar-refractivity contribution < 1.29 is 13.7 Å². The fraction of sp³-hybridized carbons (Fsp3) is 0.312. The Morgan fingerprint density at radius 2 is 2.17 bits per heavy atom. The third kappa shape index (κ3) is 3.13. The number of nitrogens with zero attached hydrogens (tertiary/aromatic N) is 4. The van der Waals surface area contributed by atoms with Gasteiger partial charge >= 0.3 is 0 Å². The van der Waals surface area contributed by atoms with Crippen molar-refractivity contribution in [1.29, 1.82) is 0 Å². The molecule has 1 atom stereocenters. The molecule has 3 aromatic rings. The van der Waals surface area contributed by atoms with Crippen LogP contribution in [0.25, 0.3) is 5.69 Å². The van der Waals surface area contributed by atoms with Gasteiger partial charge in [-0.15, -0.1) is 0 Å². The summed E-state index contributed by atoms with van der Waals surface area (Å²) >= 11 is 0. The second kappa shape index (κ2) is 6.79. The lowest BCUT2D eigenvalue weighted by Crippen LogP contribution is -2.08. The van der Waals surface area contributed by atoms with Crippen molar-refractivity contribution in [2.75, 3.05) is 12.4 Å².